The Morgan fingerprint density at radius 1 is 1.19 bits per heavy atom. The standard InChI is InChI=1S/C19H18ClF3O4/c1-4-12-9-14(19(21,22)23)17(8-11(12)2)26-10-13-15(20)6-5-7-16(13)27-18(24)25-3/h5-9H,4,10H2,1-3H3. The summed E-state index contributed by atoms with van der Waals surface area (Å²) in [6.45, 7) is 3.18. The molecular formula is C19H18ClF3O4. The van der Waals surface area contributed by atoms with Crippen molar-refractivity contribution in [1.29, 1.82) is 0 Å². The van der Waals surface area contributed by atoms with Crippen molar-refractivity contribution >= 4 is 17.8 Å². The normalized spacial score (nSPS) is 11.2. The number of carbonyl (C=O) groups is 1. The Bertz CT molecular complexity index is 834. The minimum Gasteiger partial charge on any atom is -0.488 e. The average Bonchev–Trinajstić information content (AvgIpc) is 2.60. The van der Waals surface area contributed by atoms with Gasteiger partial charge in [0.15, 0.2) is 0 Å². The van der Waals surface area contributed by atoms with Gasteiger partial charge in [-0.3, -0.25) is 0 Å². The van der Waals surface area contributed by atoms with Crippen LogP contribution in [0.5, 0.6) is 11.5 Å². The van der Waals surface area contributed by atoms with Gasteiger partial charge in [-0.15, -0.1) is 0 Å². The van der Waals surface area contributed by atoms with Crippen molar-refractivity contribution in [1.82, 2.24) is 0 Å². The first-order valence-electron chi connectivity index (χ1n) is 8.04. The molecule has 0 radical (unpaired) electrons. The highest BCUT2D eigenvalue weighted by atomic mass is 35.5. The SMILES string of the molecule is CCc1cc(C(F)(F)F)c(OCc2c(Cl)cccc2OC(=O)OC)cc1C. The van der Waals surface area contributed by atoms with E-state index < -0.39 is 17.9 Å². The van der Waals surface area contributed by atoms with Crippen LogP contribution in [0.3, 0.4) is 0 Å². The Labute approximate surface area is 159 Å². The molecule has 0 bridgehead atoms. The number of hydrogen-bond donors (Lipinski definition) is 0. The Kier molecular flexibility index (Phi) is 6.59. The van der Waals surface area contributed by atoms with Gasteiger partial charge in [0.2, 0.25) is 0 Å². The van der Waals surface area contributed by atoms with Crippen molar-refractivity contribution in [3.8, 4) is 11.5 Å². The van der Waals surface area contributed by atoms with Crippen LogP contribution in [0.15, 0.2) is 30.3 Å². The molecule has 0 heterocycles. The molecule has 0 aliphatic carbocycles. The second-order valence-electron chi connectivity index (χ2n) is 5.69. The summed E-state index contributed by atoms with van der Waals surface area (Å²) in [6, 6.07) is 6.92. The van der Waals surface area contributed by atoms with E-state index in [0.717, 1.165) is 13.2 Å². The summed E-state index contributed by atoms with van der Waals surface area (Å²) in [5.74, 6) is -0.272. The van der Waals surface area contributed by atoms with E-state index in [1.54, 1.807) is 13.8 Å². The monoisotopic (exact) mass is 402 g/mol. The van der Waals surface area contributed by atoms with Gasteiger partial charge in [0.05, 0.1) is 23.3 Å². The fraction of sp³-hybridized carbons (Fsp3) is 0.316. The summed E-state index contributed by atoms with van der Waals surface area (Å²) >= 11 is 6.10. The van der Waals surface area contributed by atoms with Gasteiger partial charge in [0, 0.05) is 0 Å². The zero-order valence-electron chi connectivity index (χ0n) is 14.9. The van der Waals surface area contributed by atoms with Crippen LogP contribution >= 0.6 is 11.6 Å². The fourth-order valence-electron chi connectivity index (χ4n) is 2.50. The molecule has 8 heteroatoms. The molecule has 27 heavy (non-hydrogen) atoms. The summed E-state index contributed by atoms with van der Waals surface area (Å²) in [4.78, 5) is 11.3. The second-order valence-corrected chi connectivity index (χ2v) is 6.09. The van der Waals surface area contributed by atoms with Crippen molar-refractivity contribution in [3.05, 3.63) is 57.6 Å². The molecule has 0 saturated heterocycles. The quantitative estimate of drug-likeness (QED) is 0.457. The van der Waals surface area contributed by atoms with Crippen LogP contribution in [0.25, 0.3) is 0 Å². The average molecular weight is 403 g/mol. The van der Waals surface area contributed by atoms with Crippen LogP contribution in [0, 0.1) is 6.92 Å². The summed E-state index contributed by atoms with van der Waals surface area (Å²) in [5.41, 5.74) is 0.634. The van der Waals surface area contributed by atoms with Crippen LogP contribution in [-0.2, 0) is 23.9 Å². The number of aryl methyl sites for hydroxylation is 2. The molecule has 2 rings (SSSR count). The molecule has 0 atom stereocenters. The molecule has 2 aromatic carbocycles. The number of ether oxygens (including phenoxy) is 3. The van der Waals surface area contributed by atoms with Crippen molar-refractivity contribution in [2.75, 3.05) is 7.11 Å². The summed E-state index contributed by atoms with van der Waals surface area (Å²) in [6.07, 6.45) is -5.08. The molecule has 0 aromatic heterocycles. The molecule has 0 aliphatic rings. The summed E-state index contributed by atoms with van der Waals surface area (Å²) in [7, 11) is 1.14. The van der Waals surface area contributed by atoms with Crippen molar-refractivity contribution < 1.29 is 32.2 Å². The largest absolute Gasteiger partial charge is 0.513 e. The topological polar surface area (TPSA) is 44.8 Å². The third-order valence-corrected chi connectivity index (χ3v) is 4.29. The van der Waals surface area contributed by atoms with Gasteiger partial charge in [0.25, 0.3) is 0 Å². The maximum Gasteiger partial charge on any atom is 0.513 e. The number of benzene rings is 2. The van der Waals surface area contributed by atoms with Gasteiger partial charge in [0.1, 0.15) is 18.1 Å². The van der Waals surface area contributed by atoms with E-state index in [1.165, 1.54) is 24.3 Å². The molecule has 0 fully saturated rings. The minimum absolute atomic E-state index is 0.0461. The van der Waals surface area contributed by atoms with Crippen LogP contribution < -0.4 is 9.47 Å². The zero-order valence-corrected chi connectivity index (χ0v) is 15.7. The van der Waals surface area contributed by atoms with E-state index in [0.29, 0.717) is 17.5 Å². The Hall–Kier alpha value is -2.41. The first-order valence-corrected chi connectivity index (χ1v) is 8.41. The fourth-order valence-corrected chi connectivity index (χ4v) is 2.72. The van der Waals surface area contributed by atoms with E-state index in [4.69, 9.17) is 21.1 Å². The van der Waals surface area contributed by atoms with Gasteiger partial charge in [-0.25, -0.2) is 4.79 Å². The molecule has 0 aliphatic heterocycles. The van der Waals surface area contributed by atoms with Crippen LogP contribution in [0.1, 0.15) is 29.2 Å². The second kappa shape index (κ2) is 8.52. The van der Waals surface area contributed by atoms with Crippen molar-refractivity contribution in [2.45, 2.75) is 33.1 Å². The molecule has 0 spiro atoms. The number of halogens is 4. The van der Waals surface area contributed by atoms with Gasteiger partial charge in [-0.05, 0) is 48.7 Å². The number of carbonyl (C=O) groups excluding carboxylic acids is 1. The van der Waals surface area contributed by atoms with Crippen LogP contribution in [0.4, 0.5) is 18.0 Å². The molecular weight excluding hydrogens is 385 g/mol. The molecule has 0 unspecified atom stereocenters. The highest BCUT2D eigenvalue weighted by molar-refractivity contribution is 6.31. The van der Waals surface area contributed by atoms with Gasteiger partial charge in [-0.2, -0.15) is 13.2 Å². The maximum atomic E-state index is 13.4. The van der Waals surface area contributed by atoms with E-state index in [2.05, 4.69) is 4.74 Å². The Morgan fingerprint density at radius 3 is 2.48 bits per heavy atom. The minimum atomic E-state index is -4.57. The van der Waals surface area contributed by atoms with E-state index in [-0.39, 0.29) is 28.7 Å². The molecule has 0 amide bonds. The number of alkyl halides is 3. The Balaban J connectivity index is 2.37. The third-order valence-electron chi connectivity index (χ3n) is 3.93. The number of methoxy groups -OCH3 is 1. The van der Waals surface area contributed by atoms with E-state index in [1.807, 2.05) is 0 Å². The zero-order chi connectivity index (χ0) is 20.2. The van der Waals surface area contributed by atoms with Crippen molar-refractivity contribution in [3.63, 3.8) is 0 Å². The lowest BCUT2D eigenvalue weighted by molar-refractivity contribution is -0.139. The third kappa shape index (κ3) is 5.07. The predicted octanol–water partition coefficient (Wildman–Crippen LogP) is 5.95. The van der Waals surface area contributed by atoms with Gasteiger partial charge in [-0.1, -0.05) is 24.6 Å². The lowest BCUT2D eigenvalue weighted by Crippen LogP contribution is -2.12. The predicted molar refractivity (Wildman–Crippen MR) is 94.4 cm³/mol. The highest BCUT2D eigenvalue weighted by Crippen LogP contribution is 2.39. The summed E-state index contributed by atoms with van der Waals surface area (Å²) in [5, 5.41) is 0.187. The van der Waals surface area contributed by atoms with E-state index in [9.17, 15) is 18.0 Å². The van der Waals surface area contributed by atoms with E-state index >= 15 is 0 Å². The first-order chi connectivity index (χ1) is 12.7. The smallest absolute Gasteiger partial charge is 0.488 e. The lowest BCUT2D eigenvalue weighted by Gasteiger charge is -2.18. The number of rotatable bonds is 5. The van der Waals surface area contributed by atoms with Gasteiger partial charge >= 0.3 is 12.3 Å². The molecule has 0 N–H and O–H groups in total. The molecule has 0 saturated carbocycles. The van der Waals surface area contributed by atoms with Crippen molar-refractivity contribution in [2.24, 2.45) is 0 Å². The van der Waals surface area contributed by atoms with Gasteiger partial charge < -0.3 is 14.2 Å². The molecule has 2 aromatic rings. The molecule has 146 valence electrons. The van der Waals surface area contributed by atoms with Crippen LogP contribution in [-0.4, -0.2) is 13.3 Å². The number of hydrogen-bond acceptors (Lipinski definition) is 4. The summed E-state index contributed by atoms with van der Waals surface area (Å²) < 4.78 is 55.0. The van der Waals surface area contributed by atoms with Crippen LogP contribution in [0.2, 0.25) is 5.02 Å². The Morgan fingerprint density at radius 2 is 1.89 bits per heavy atom. The maximum absolute atomic E-state index is 13.4. The lowest BCUT2D eigenvalue weighted by atomic mass is 10.0. The highest BCUT2D eigenvalue weighted by Gasteiger charge is 2.35. The first kappa shape index (κ1) is 20.9. The molecule has 4 nitrogen and oxygen atoms in total.